The first-order valence-electron chi connectivity index (χ1n) is 14.7. The molecule has 1 amide bonds. The monoisotopic (exact) mass is 594 g/mol. The van der Waals surface area contributed by atoms with Crippen molar-refractivity contribution in [3.05, 3.63) is 126 Å². The van der Waals surface area contributed by atoms with Crippen LogP contribution < -0.4 is 15.0 Å². The molecule has 44 heavy (non-hydrogen) atoms. The minimum absolute atomic E-state index is 0.000808. The molecule has 1 saturated carbocycles. The average Bonchev–Trinajstić information content (AvgIpc) is 3.03. The van der Waals surface area contributed by atoms with Crippen LogP contribution in [0.4, 0.5) is 15.8 Å². The van der Waals surface area contributed by atoms with Crippen LogP contribution in [-0.4, -0.2) is 44.0 Å². The largest absolute Gasteiger partial charge is 0.492 e. The highest BCUT2D eigenvalue weighted by atomic mass is 19.1. The number of carbonyl (C=O) groups excluding carboxylic acids is 3. The standard InChI is InChI=1S/C36H35FN2O5/c1-43-36(42)33(38-32-13-6-5-12-31(32)34(40)26-8-3-2-4-9-26)24-25-14-20-30(21-15-25)44-23-22-39(35(41)27-10-7-11-27)29-18-16-28(37)17-19-29/h2-6,8-9,12-21,27,33,38H,7,10-11,22-24H2,1H3. The second kappa shape index (κ2) is 14.5. The van der Waals surface area contributed by atoms with Gasteiger partial charge in [0.25, 0.3) is 0 Å². The fourth-order valence-electron chi connectivity index (χ4n) is 5.15. The van der Waals surface area contributed by atoms with Crippen molar-refractivity contribution in [3.8, 4) is 5.75 Å². The zero-order chi connectivity index (χ0) is 30.9. The van der Waals surface area contributed by atoms with Crippen molar-refractivity contribution in [3.63, 3.8) is 0 Å². The molecule has 0 aromatic heterocycles. The third-order valence-electron chi connectivity index (χ3n) is 7.83. The van der Waals surface area contributed by atoms with Crippen molar-refractivity contribution in [2.24, 2.45) is 5.92 Å². The molecule has 0 spiro atoms. The SMILES string of the molecule is COC(=O)C(Cc1ccc(OCCN(C(=O)C2CCC2)c2ccc(F)cc2)cc1)Nc1ccccc1C(=O)c1ccccc1. The van der Waals surface area contributed by atoms with Crippen LogP contribution in [0.1, 0.15) is 40.7 Å². The van der Waals surface area contributed by atoms with Gasteiger partial charge >= 0.3 is 5.97 Å². The Balaban J connectivity index is 1.22. The highest BCUT2D eigenvalue weighted by Gasteiger charge is 2.30. The first-order valence-corrected chi connectivity index (χ1v) is 14.7. The molecular weight excluding hydrogens is 559 g/mol. The smallest absolute Gasteiger partial charge is 0.328 e. The van der Waals surface area contributed by atoms with E-state index in [1.807, 2.05) is 48.5 Å². The Hall–Kier alpha value is -4.98. The molecule has 1 atom stereocenters. The molecule has 8 heteroatoms. The van der Waals surface area contributed by atoms with Crippen molar-refractivity contribution in [1.82, 2.24) is 0 Å². The Morgan fingerprint density at radius 1 is 0.886 bits per heavy atom. The van der Waals surface area contributed by atoms with Crippen LogP contribution in [0.2, 0.25) is 0 Å². The zero-order valence-corrected chi connectivity index (χ0v) is 24.6. The molecule has 4 aromatic rings. The number of nitrogens with zero attached hydrogens (tertiary/aromatic N) is 1. The van der Waals surface area contributed by atoms with E-state index in [9.17, 15) is 18.8 Å². The number of anilines is 2. The maximum Gasteiger partial charge on any atom is 0.328 e. The summed E-state index contributed by atoms with van der Waals surface area (Å²) < 4.78 is 24.5. The van der Waals surface area contributed by atoms with Gasteiger partial charge in [0.2, 0.25) is 5.91 Å². The fourth-order valence-corrected chi connectivity index (χ4v) is 5.15. The Labute approximate surface area is 256 Å². The van der Waals surface area contributed by atoms with Crippen LogP contribution in [0.5, 0.6) is 5.75 Å². The quantitative estimate of drug-likeness (QED) is 0.141. The number of hydrogen-bond acceptors (Lipinski definition) is 6. The van der Waals surface area contributed by atoms with E-state index in [-0.39, 0.29) is 30.0 Å². The van der Waals surface area contributed by atoms with E-state index in [4.69, 9.17) is 9.47 Å². The number of methoxy groups -OCH3 is 1. The van der Waals surface area contributed by atoms with E-state index >= 15 is 0 Å². The van der Waals surface area contributed by atoms with Gasteiger partial charge in [-0.25, -0.2) is 9.18 Å². The summed E-state index contributed by atoms with van der Waals surface area (Å²) in [4.78, 5) is 40.7. The summed E-state index contributed by atoms with van der Waals surface area (Å²) >= 11 is 0. The number of rotatable bonds is 13. The molecule has 1 N–H and O–H groups in total. The van der Waals surface area contributed by atoms with E-state index in [2.05, 4.69) is 5.32 Å². The summed E-state index contributed by atoms with van der Waals surface area (Å²) in [5.41, 5.74) is 3.07. The molecule has 0 saturated heterocycles. The van der Waals surface area contributed by atoms with Crippen LogP contribution in [0.3, 0.4) is 0 Å². The van der Waals surface area contributed by atoms with E-state index in [0.29, 0.717) is 41.2 Å². The van der Waals surface area contributed by atoms with Crippen LogP contribution in [0, 0.1) is 11.7 Å². The lowest BCUT2D eigenvalue weighted by Gasteiger charge is -2.31. The summed E-state index contributed by atoms with van der Waals surface area (Å²) in [6.07, 6.45) is 3.10. The summed E-state index contributed by atoms with van der Waals surface area (Å²) in [6, 6.07) is 28.6. The fraction of sp³-hybridized carbons (Fsp3) is 0.250. The summed E-state index contributed by atoms with van der Waals surface area (Å²) in [5, 5.41) is 3.22. The number of amides is 1. The van der Waals surface area contributed by atoms with Gasteiger partial charge in [-0.3, -0.25) is 9.59 Å². The Morgan fingerprint density at radius 2 is 1.57 bits per heavy atom. The molecule has 0 aliphatic heterocycles. The molecule has 0 radical (unpaired) electrons. The molecule has 1 unspecified atom stereocenters. The number of halogens is 1. The van der Waals surface area contributed by atoms with Crippen molar-refractivity contribution < 1.29 is 28.2 Å². The lowest BCUT2D eigenvalue weighted by molar-refractivity contribution is -0.141. The lowest BCUT2D eigenvalue weighted by atomic mass is 9.84. The molecule has 0 heterocycles. The van der Waals surface area contributed by atoms with E-state index < -0.39 is 12.0 Å². The Morgan fingerprint density at radius 3 is 2.23 bits per heavy atom. The van der Waals surface area contributed by atoms with Gasteiger partial charge in [-0.05, 0) is 66.9 Å². The van der Waals surface area contributed by atoms with Crippen LogP contribution in [0.25, 0.3) is 0 Å². The summed E-state index contributed by atoms with van der Waals surface area (Å²) in [6.45, 7) is 0.589. The molecule has 5 rings (SSSR count). The second-order valence-electron chi connectivity index (χ2n) is 10.8. The van der Waals surface area contributed by atoms with Gasteiger partial charge < -0.3 is 19.7 Å². The molecular formula is C36H35FN2O5. The average molecular weight is 595 g/mol. The number of carbonyl (C=O) groups is 3. The maximum absolute atomic E-state index is 13.5. The number of esters is 1. The lowest BCUT2D eigenvalue weighted by Crippen LogP contribution is -2.41. The summed E-state index contributed by atoms with van der Waals surface area (Å²) in [7, 11) is 1.33. The van der Waals surface area contributed by atoms with Crippen molar-refractivity contribution in [2.45, 2.75) is 31.7 Å². The minimum Gasteiger partial charge on any atom is -0.492 e. The summed E-state index contributed by atoms with van der Waals surface area (Å²) in [5.74, 6) is -0.300. The van der Waals surface area contributed by atoms with Crippen LogP contribution in [-0.2, 0) is 20.7 Å². The second-order valence-corrected chi connectivity index (χ2v) is 10.8. The number of hydrogen-bond donors (Lipinski definition) is 1. The number of nitrogens with one attached hydrogen (secondary N) is 1. The van der Waals surface area contributed by atoms with Gasteiger partial charge in [0.1, 0.15) is 24.2 Å². The molecule has 7 nitrogen and oxygen atoms in total. The van der Waals surface area contributed by atoms with Crippen molar-refractivity contribution >= 4 is 29.0 Å². The highest BCUT2D eigenvalue weighted by Crippen LogP contribution is 2.30. The molecule has 226 valence electrons. The van der Waals surface area contributed by atoms with Crippen LogP contribution >= 0.6 is 0 Å². The molecule has 4 aromatic carbocycles. The normalized spacial score (nSPS) is 13.3. The Kier molecular flexibility index (Phi) is 10.0. The van der Waals surface area contributed by atoms with Crippen molar-refractivity contribution in [2.75, 3.05) is 30.5 Å². The first-order chi connectivity index (χ1) is 21.4. The highest BCUT2D eigenvalue weighted by molar-refractivity contribution is 6.12. The van der Waals surface area contributed by atoms with E-state index in [1.165, 1.54) is 19.2 Å². The van der Waals surface area contributed by atoms with Gasteiger partial charge in [-0.15, -0.1) is 0 Å². The van der Waals surface area contributed by atoms with Gasteiger partial charge in [-0.1, -0.05) is 61.0 Å². The number of para-hydroxylation sites is 1. The number of benzene rings is 4. The predicted molar refractivity (Wildman–Crippen MR) is 167 cm³/mol. The maximum atomic E-state index is 13.5. The van der Waals surface area contributed by atoms with Gasteiger partial charge in [0.15, 0.2) is 5.78 Å². The van der Waals surface area contributed by atoms with Crippen molar-refractivity contribution in [1.29, 1.82) is 0 Å². The third-order valence-corrected chi connectivity index (χ3v) is 7.83. The zero-order valence-electron chi connectivity index (χ0n) is 24.6. The van der Waals surface area contributed by atoms with E-state index in [1.54, 1.807) is 47.4 Å². The molecule has 1 fully saturated rings. The molecule has 1 aliphatic rings. The third kappa shape index (κ3) is 7.50. The van der Waals surface area contributed by atoms with Gasteiger partial charge in [-0.2, -0.15) is 0 Å². The van der Waals surface area contributed by atoms with Gasteiger partial charge in [0, 0.05) is 34.8 Å². The van der Waals surface area contributed by atoms with Crippen LogP contribution in [0.15, 0.2) is 103 Å². The first kappa shape index (κ1) is 30.5. The minimum atomic E-state index is -0.738. The van der Waals surface area contributed by atoms with Gasteiger partial charge in [0.05, 0.1) is 13.7 Å². The topological polar surface area (TPSA) is 84.9 Å². The number of ketones is 1. The number of ether oxygens (including phenoxy) is 2. The Bertz CT molecular complexity index is 1570. The molecule has 1 aliphatic carbocycles. The molecule has 0 bridgehead atoms. The van der Waals surface area contributed by atoms with E-state index in [0.717, 1.165) is 24.8 Å². The predicted octanol–water partition coefficient (Wildman–Crippen LogP) is 6.47.